The number of nitrogens with one attached hydrogen (secondary N) is 1. The number of aryl methyl sites for hydroxylation is 1. The lowest BCUT2D eigenvalue weighted by molar-refractivity contribution is 0.583. The van der Waals surface area contributed by atoms with E-state index in [9.17, 15) is 0 Å². The van der Waals surface area contributed by atoms with E-state index in [1.54, 1.807) is 11.3 Å². The van der Waals surface area contributed by atoms with Crippen molar-refractivity contribution in [3.63, 3.8) is 0 Å². The predicted octanol–water partition coefficient (Wildman–Crippen LogP) is 5.05. The predicted molar refractivity (Wildman–Crippen MR) is 108 cm³/mol. The van der Waals surface area contributed by atoms with Gasteiger partial charge in [-0.25, -0.2) is 0 Å². The second-order valence-corrected chi connectivity index (χ2v) is 6.79. The fourth-order valence-corrected chi connectivity index (χ4v) is 3.42. The monoisotopic (exact) mass is 366 g/mol. The third-order valence-electron chi connectivity index (χ3n) is 4.18. The van der Waals surface area contributed by atoms with Gasteiger partial charge in [-0.15, -0.1) is 10.2 Å². The maximum absolute atomic E-state index is 5.93. The summed E-state index contributed by atoms with van der Waals surface area (Å²) in [6, 6.07) is 12.2. The molecule has 0 radical (unpaired) electrons. The Morgan fingerprint density at radius 2 is 1.85 bits per heavy atom. The maximum Gasteiger partial charge on any atom is 0.250 e. The molecule has 3 aromatic heterocycles. The highest BCUT2D eigenvalue weighted by atomic mass is 32.1. The molecule has 0 saturated heterocycles. The fraction of sp³-hybridized carbons (Fsp3) is 0.150. The topological polar surface area (TPSA) is 63.8 Å². The summed E-state index contributed by atoms with van der Waals surface area (Å²) in [7, 11) is 1.93. The van der Waals surface area contributed by atoms with Crippen molar-refractivity contribution >= 4 is 11.3 Å². The number of nitrogens with zero attached hydrogens (tertiary/aromatic N) is 3. The first-order valence-electron chi connectivity index (χ1n) is 8.31. The minimum atomic E-state index is 0. The van der Waals surface area contributed by atoms with Crippen molar-refractivity contribution in [1.29, 1.82) is 0 Å². The van der Waals surface area contributed by atoms with Crippen LogP contribution in [0.2, 0.25) is 0 Å². The summed E-state index contributed by atoms with van der Waals surface area (Å²) in [5.74, 6) is 0.998. The molecule has 3 heterocycles. The van der Waals surface area contributed by atoms with Crippen LogP contribution in [0.3, 0.4) is 0 Å². The molecule has 1 N–H and O–H groups in total. The molecule has 4 rings (SSSR count). The molecule has 0 fully saturated rings. The van der Waals surface area contributed by atoms with Gasteiger partial charge in [-0.3, -0.25) is 4.98 Å². The second-order valence-electron chi connectivity index (χ2n) is 6.01. The van der Waals surface area contributed by atoms with Gasteiger partial charge in [-0.2, -0.15) is 11.3 Å². The standard InChI is InChI=1S/C20H18N4OS.2H2/c1-13-18(9-17(11-22-13)16-7-8-26-12-16)20-24-23-19(25-20)15-5-3-14(4-6-15)10-21-2;;/h3-9,11-12,21H,10H2,1-2H3;2*1H. The summed E-state index contributed by atoms with van der Waals surface area (Å²) >= 11 is 1.66. The van der Waals surface area contributed by atoms with Crippen molar-refractivity contribution < 1.29 is 7.27 Å². The number of hydrogen-bond donors (Lipinski definition) is 1. The lowest BCUT2D eigenvalue weighted by Gasteiger charge is -2.04. The van der Waals surface area contributed by atoms with E-state index in [1.165, 1.54) is 5.56 Å². The van der Waals surface area contributed by atoms with Gasteiger partial charge in [0.25, 0.3) is 0 Å². The molecule has 5 nitrogen and oxygen atoms in total. The quantitative estimate of drug-likeness (QED) is 0.536. The summed E-state index contributed by atoms with van der Waals surface area (Å²) < 4.78 is 5.93. The fourth-order valence-electron chi connectivity index (χ4n) is 2.75. The van der Waals surface area contributed by atoms with Gasteiger partial charge < -0.3 is 9.73 Å². The zero-order valence-corrected chi connectivity index (χ0v) is 15.4. The molecule has 0 spiro atoms. The molecule has 0 aliphatic heterocycles. The van der Waals surface area contributed by atoms with Crippen molar-refractivity contribution in [1.82, 2.24) is 20.5 Å². The van der Waals surface area contributed by atoms with Crippen LogP contribution >= 0.6 is 11.3 Å². The number of aromatic nitrogens is 3. The van der Waals surface area contributed by atoms with Gasteiger partial charge in [0, 0.05) is 32.4 Å². The van der Waals surface area contributed by atoms with Crippen LogP contribution in [0, 0.1) is 6.92 Å². The van der Waals surface area contributed by atoms with Crippen molar-refractivity contribution in [2.45, 2.75) is 13.5 Å². The number of pyridine rings is 1. The van der Waals surface area contributed by atoms with Gasteiger partial charge in [0.1, 0.15) is 0 Å². The van der Waals surface area contributed by atoms with Gasteiger partial charge >= 0.3 is 0 Å². The molecule has 0 amide bonds. The Morgan fingerprint density at radius 1 is 1.04 bits per heavy atom. The summed E-state index contributed by atoms with van der Waals surface area (Å²) in [6.07, 6.45) is 1.87. The van der Waals surface area contributed by atoms with Crippen LogP contribution in [0.4, 0.5) is 0 Å². The average Bonchev–Trinajstić information content (AvgIpc) is 3.35. The van der Waals surface area contributed by atoms with Crippen LogP contribution in [0.25, 0.3) is 34.0 Å². The van der Waals surface area contributed by atoms with E-state index in [0.29, 0.717) is 11.8 Å². The van der Waals surface area contributed by atoms with Crippen LogP contribution in [0.5, 0.6) is 0 Å². The van der Waals surface area contributed by atoms with E-state index in [1.807, 2.05) is 32.3 Å². The third-order valence-corrected chi connectivity index (χ3v) is 4.86. The first kappa shape index (κ1) is 16.6. The molecule has 26 heavy (non-hydrogen) atoms. The summed E-state index contributed by atoms with van der Waals surface area (Å²) in [6.45, 7) is 2.78. The Bertz CT molecular complexity index is 1020. The minimum Gasteiger partial charge on any atom is -0.416 e. The van der Waals surface area contributed by atoms with E-state index in [2.05, 4.69) is 55.5 Å². The smallest absolute Gasteiger partial charge is 0.250 e. The highest BCUT2D eigenvalue weighted by molar-refractivity contribution is 7.08. The molecule has 0 atom stereocenters. The summed E-state index contributed by atoms with van der Waals surface area (Å²) in [4.78, 5) is 4.50. The van der Waals surface area contributed by atoms with Gasteiger partial charge in [0.2, 0.25) is 11.8 Å². The summed E-state index contributed by atoms with van der Waals surface area (Å²) in [5, 5.41) is 15.7. The van der Waals surface area contributed by atoms with Gasteiger partial charge in [-0.1, -0.05) is 12.1 Å². The van der Waals surface area contributed by atoms with E-state index in [-0.39, 0.29) is 2.85 Å². The number of rotatable bonds is 5. The lowest BCUT2D eigenvalue weighted by atomic mass is 10.1. The zero-order chi connectivity index (χ0) is 17.9. The Balaban J connectivity index is 0.00000140. The van der Waals surface area contributed by atoms with Crippen LogP contribution < -0.4 is 5.32 Å². The van der Waals surface area contributed by atoms with Gasteiger partial charge in [0.05, 0.1) is 5.56 Å². The molecule has 0 aliphatic rings. The second kappa shape index (κ2) is 7.19. The Hall–Kier alpha value is -2.83. The van der Waals surface area contributed by atoms with Gasteiger partial charge in [-0.05, 0) is 60.1 Å². The SMILES string of the molecule is CNCc1ccc(-c2nnc(-c3cc(-c4ccsc4)cnc3C)o2)cc1.[HH].[HH]. The van der Waals surface area contributed by atoms with Crippen molar-refractivity contribution in [2.75, 3.05) is 7.05 Å². The Morgan fingerprint density at radius 3 is 2.58 bits per heavy atom. The van der Waals surface area contributed by atoms with E-state index >= 15 is 0 Å². The molecular formula is C20H22N4OS. The number of thiophene rings is 1. The summed E-state index contributed by atoms with van der Waals surface area (Å²) in [5.41, 5.74) is 6.03. The highest BCUT2D eigenvalue weighted by Crippen LogP contribution is 2.30. The van der Waals surface area contributed by atoms with E-state index < -0.39 is 0 Å². The van der Waals surface area contributed by atoms with Crippen LogP contribution in [0.15, 0.2) is 57.8 Å². The van der Waals surface area contributed by atoms with Gasteiger partial charge in [0.15, 0.2) is 0 Å². The molecule has 0 bridgehead atoms. The van der Waals surface area contributed by atoms with Crippen LogP contribution in [-0.2, 0) is 6.54 Å². The molecule has 1 aromatic carbocycles. The Labute approximate surface area is 158 Å². The molecule has 0 saturated carbocycles. The minimum absolute atomic E-state index is 0. The van der Waals surface area contributed by atoms with E-state index in [4.69, 9.17) is 4.42 Å². The van der Waals surface area contributed by atoms with Crippen molar-refractivity contribution in [2.24, 2.45) is 0 Å². The molecule has 134 valence electrons. The molecule has 4 aromatic rings. The van der Waals surface area contributed by atoms with Crippen LogP contribution in [0.1, 0.15) is 14.1 Å². The number of benzene rings is 1. The number of hydrogen-bond acceptors (Lipinski definition) is 6. The molecule has 0 unspecified atom stereocenters. The molecular weight excluding hydrogens is 344 g/mol. The highest BCUT2D eigenvalue weighted by Gasteiger charge is 2.14. The maximum atomic E-state index is 5.93. The first-order valence-corrected chi connectivity index (χ1v) is 9.26. The van der Waals surface area contributed by atoms with E-state index in [0.717, 1.165) is 34.5 Å². The Kier molecular flexibility index (Phi) is 4.60. The molecule has 6 heteroatoms. The normalized spacial score (nSPS) is 11.0. The largest absolute Gasteiger partial charge is 0.416 e. The lowest BCUT2D eigenvalue weighted by Crippen LogP contribution is -2.04. The molecule has 0 aliphatic carbocycles. The average molecular weight is 366 g/mol. The van der Waals surface area contributed by atoms with Crippen molar-refractivity contribution in [3.05, 3.63) is 64.6 Å². The van der Waals surface area contributed by atoms with Crippen molar-refractivity contribution in [3.8, 4) is 34.0 Å². The zero-order valence-electron chi connectivity index (χ0n) is 14.6. The first-order chi connectivity index (χ1) is 12.7. The third kappa shape index (κ3) is 3.29. The van der Waals surface area contributed by atoms with Crippen LogP contribution in [-0.4, -0.2) is 22.2 Å².